The van der Waals surface area contributed by atoms with Crippen LogP contribution >= 0.6 is 0 Å². The number of amides is 1. The van der Waals surface area contributed by atoms with Crippen molar-refractivity contribution >= 4 is 21.6 Å². The number of anilines is 1. The van der Waals surface area contributed by atoms with Gasteiger partial charge in [0, 0.05) is 31.7 Å². The number of carbonyl (C=O) groups is 1. The Kier molecular flexibility index (Phi) is 8.09. The summed E-state index contributed by atoms with van der Waals surface area (Å²) in [5.41, 5.74) is 0.924. The molecule has 1 aliphatic heterocycles. The van der Waals surface area contributed by atoms with Crippen LogP contribution in [0.25, 0.3) is 0 Å². The van der Waals surface area contributed by atoms with E-state index in [0.717, 1.165) is 19.5 Å². The van der Waals surface area contributed by atoms with Crippen molar-refractivity contribution in [3.63, 3.8) is 0 Å². The Balaban J connectivity index is 1.58. The Morgan fingerprint density at radius 2 is 1.90 bits per heavy atom. The van der Waals surface area contributed by atoms with Crippen LogP contribution in [0.15, 0.2) is 59.5 Å². The van der Waals surface area contributed by atoms with E-state index >= 15 is 0 Å². The number of piperidine rings is 1. The highest BCUT2D eigenvalue weighted by Crippen LogP contribution is 2.22. The van der Waals surface area contributed by atoms with E-state index in [0.29, 0.717) is 23.8 Å². The topological polar surface area (TPSA) is 69.7 Å². The maximum absolute atomic E-state index is 13.0. The number of nitrogens with zero attached hydrogens (tertiary/aromatic N) is 2. The number of likely N-dealkylation sites (tertiary alicyclic amines) is 1. The third kappa shape index (κ3) is 5.86. The first kappa shape index (κ1) is 23.3. The Labute approximate surface area is 186 Å². The Morgan fingerprint density at radius 1 is 1.13 bits per heavy atom. The second kappa shape index (κ2) is 10.8. The molecule has 1 aliphatic rings. The van der Waals surface area contributed by atoms with Gasteiger partial charge >= 0.3 is 0 Å². The maximum atomic E-state index is 13.0. The highest BCUT2D eigenvalue weighted by atomic mass is 32.2. The predicted octanol–water partition coefficient (Wildman–Crippen LogP) is 3.90. The average molecular weight is 444 g/mol. The van der Waals surface area contributed by atoms with E-state index < -0.39 is 10.0 Å². The van der Waals surface area contributed by atoms with Gasteiger partial charge in [-0.2, -0.15) is 0 Å². The summed E-state index contributed by atoms with van der Waals surface area (Å²) in [4.78, 5) is 15.2. The Morgan fingerprint density at radius 3 is 2.65 bits per heavy atom. The summed E-state index contributed by atoms with van der Waals surface area (Å²) < 4.78 is 27.2. The summed E-state index contributed by atoms with van der Waals surface area (Å²) in [6, 6.07) is 15.8. The maximum Gasteiger partial charge on any atom is 0.264 e. The second-order valence-electron chi connectivity index (χ2n) is 8.04. The third-order valence-corrected chi connectivity index (χ3v) is 7.78. The van der Waals surface area contributed by atoms with Gasteiger partial charge in [-0.05, 0) is 62.6 Å². The molecule has 0 bridgehead atoms. The lowest BCUT2D eigenvalue weighted by Gasteiger charge is -2.35. The van der Waals surface area contributed by atoms with Crippen LogP contribution in [0.1, 0.15) is 49.4 Å². The van der Waals surface area contributed by atoms with E-state index in [-0.39, 0.29) is 10.8 Å². The number of sulfonamides is 1. The molecule has 3 rings (SSSR count). The lowest BCUT2D eigenvalue weighted by Crippen LogP contribution is -2.40. The number of para-hydroxylation sites is 1. The monoisotopic (exact) mass is 443 g/mol. The van der Waals surface area contributed by atoms with Crippen LogP contribution in [0.2, 0.25) is 0 Å². The van der Waals surface area contributed by atoms with Crippen LogP contribution in [0.5, 0.6) is 0 Å². The largest absolute Gasteiger partial charge is 0.352 e. The minimum Gasteiger partial charge on any atom is -0.352 e. The van der Waals surface area contributed by atoms with Crippen molar-refractivity contribution in [2.45, 2.75) is 50.0 Å². The fraction of sp³-hybridized carbons (Fsp3) is 0.458. The number of carbonyl (C=O) groups excluding carboxylic acids is 1. The molecule has 1 N–H and O–H groups in total. The number of nitrogens with one attached hydrogen (secondary N) is 1. The summed E-state index contributed by atoms with van der Waals surface area (Å²) in [6.07, 6.45) is 5.88. The van der Waals surface area contributed by atoms with Gasteiger partial charge in [-0.1, -0.05) is 37.6 Å². The number of rotatable bonds is 9. The quantitative estimate of drug-likeness (QED) is 0.597. The molecular weight excluding hydrogens is 410 g/mol. The summed E-state index contributed by atoms with van der Waals surface area (Å²) in [7, 11) is -2.23. The zero-order valence-electron chi connectivity index (χ0n) is 18.5. The molecule has 7 heteroatoms. The van der Waals surface area contributed by atoms with Gasteiger partial charge in [0.2, 0.25) is 0 Å². The molecule has 0 aliphatic carbocycles. The van der Waals surface area contributed by atoms with Crippen molar-refractivity contribution in [3.8, 4) is 0 Å². The lowest BCUT2D eigenvalue weighted by atomic mass is 10.00. The third-order valence-electron chi connectivity index (χ3n) is 6.00. The van der Waals surface area contributed by atoms with Gasteiger partial charge < -0.3 is 10.2 Å². The first-order chi connectivity index (χ1) is 14.9. The molecule has 1 saturated heterocycles. The van der Waals surface area contributed by atoms with Crippen molar-refractivity contribution in [1.82, 2.24) is 10.2 Å². The van der Waals surface area contributed by atoms with Gasteiger partial charge in [0.25, 0.3) is 15.9 Å². The standard InChI is InChI=1S/C24H33N3O3S/c1-3-21-12-7-8-17-27(21)18-10-16-25-24(28)20-11-9-15-23(19-20)31(29,30)26(2)22-13-5-4-6-14-22/h4-6,9,11,13-15,19,21H,3,7-8,10,12,16-18H2,1-2H3,(H,25,28)/t21-/m1/s1. The zero-order valence-corrected chi connectivity index (χ0v) is 19.3. The summed E-state index contributed by atoms with van der Waals surface area (Å²) >= 11 is 0. The molecule has 2 aromatic carbocycles. The Bertz CT molecular complexity index is 963. The fourth-order valence-corrected chi connectivity index (χ4v) is 5.38. The van der Waals surface area contributed by atoms with Gasteiger partial charge in [-0.25, -0.2) is 8.42 Å². The summed E-state index contributed by atoms with van der Waals surface area (Å²) in [5, 5.41) is 2.94. The molecule has 0 radical (unpaired) electrons. The van der Waals surface area contributed by atoms with Crippen LogP contribution in [-0.4, -0.2) is 51.9 Å². The molecule has 0 unspecified atom stereocenters. The molecule has 1 amide bonds. The predicted molar refractivity (Wildman–Crippen MR) is 125 cm³/mol. The molecule has 0 spiro atoms. The summed E-state index contributed by atoms with van der Waals surface area (Å²) in [6.45, 7) is 4.93. The first-order valence-electron chi connectivity index (χ1n) is 11.1. The van der Waals surface area contributed by atoms with Crippen LogP contribution in [0.4, 0.5) is 5.69 Å². The fourth-order valence-electron chi connectivity index (χ4n) is 4.14. The second-order valence-corrected chi connectivity index (χ2v) is 10.0. The molecule has 168 valence electrons. The molecule has 1 fully saturated rings. The molecule has 0 saturated carbocycles. The minimum absolute atomic E-state index is 0.102. The van der Waals surface area contributed by atoms with Crippen molar-refractivity contribution in [3.05, 3.63) is 60.2 Å². The van der Waals surface area contributed by atoms with Crippen molar-refractivity contribution in [2.24, 2.45) is 0 Å². The van der Waals surface area contributed by atoms with Gasteiger partial charge in [0.15, 0.2) is 0 Å². The number of benzene rings is 2. The van der Waals surface area contributed by atoms with Crippen LogP contribution in [-0.2, 0) is 10.0 Å². The van der Waals surface area contributed by atoms with Gasteiger partial charge in [0.1, 0.15) is 0 Å². The van der Waals surface area contributed by atoms with Crippen molar-refractivity contribution in [1.29, 1.82) is 0 Å². The SMILES string of the molecule is CC[C@@H]1CCCCN1CCCNC(=O)c1cccc(S(=O)(=O)N(C)c2ccccc2)c1. The van der Waals surface area contributed by atoms with E-state index in [1.54, 1.807) is 36.4 Å². The van der Waals surface area contributed by atoms with E-state index in [1.807, 2.05) is 6.07 Å². The smallest absolute Gasteiger partial charge is 0.264 e. The summed E-state index contributed by atoms with van der Waals surface area (Å²) in [5.74, 6) is -0.245. The molecule has 1 heterocycles. The zero-order chi connectivity index (χ0) is 22.3. The number of hydrogen-bond donors (Lipinski definition) is 1. The molecule has 0 aromatic heterocycles. The van der Waals surface area contributed by atoms with E-state index in [1.165, 1.54) is 49.2 Å². The van der Waals surface area contributed by atoms with E-state index in [2.05, 4.69) is 17.1 Å². The van der Waals surface area contributed by atoms with E-state index in [9.17, 15) is 13.2 Å². The first-order valence-corrected chi connectivity index (χ1v) is 12.5. The average Bonchev–Trinajstić information content (AvgIpc) is 2.82. The highest BCUT2D eigenvalue weighted by Gasteiger charge is 2.23. The van der Waals surface area contributed by atoms with Crippen molar-refractivity contribution < 1.29 is 13.2 Å². The van der Waals surface area contributed by atoms with E-state index in [4.69, 9.17) is 0 Å². The Hall–Kier alpha value is -2.38. The van der Waals surface area contributed by atoms with Crippen LogP contribution in [0, 0.1) is 0 Å². The number of hydrogen-bond acceptors (Lipinski definition) is 4. The van der Waals surface area contributed by atoms with Crippen molar-refractivity contribution in [2.75, 3.05) is 31.0 Å². The van der Waals surface area contributed by atoms with Gasteiger partial charge in [-0.15, -0.1) is 0 Å². The molecular formula is C24H33N3O3S. The van der Waals surface area contributed by atoms with Gasteiger partial charge in [0.05, 0.1) is 10.6 Å². The molecule has 2 aromatic rings. The highest BCUT2D eigenvalue weighted by molar-refractivity contribution is 7.92. The lowest BCUT2D eigenvalue weighted by molar-refractivity contribution is 0.0947. The van der Waals surface area contributed by atoms with Crippen LogP contribution < -0.4 is 9.62 Å². The normalized spacial score (nSPS) is 17.3. The molecule has 1 atom stereocenters. The van der Waals surface area contributed by atoms with Crippen LogP contribution in [0.3, 0.4) is 0 Å². The molecule has 6 nitrogen and oxygen atoms in total. The minimum atomic E-state index is -3.75. The molecule has 31 heavy (non-hydrogen) atoms. The van der Waals surface area contributed by atoms with Gasteiger partial charge in [-0.3, -0.25) is 9.10 Å².